The van der Waals surface area contributed by atoms with Crippen LogP contribution >= 0.6 is 11.6 Å². The van der Waals surface area contributed by atoms with Gasteiger partial charge in [-0.25, -0.2) is 8.42 Å². The van der Waals surface area contributed by atoms with Gasteiger partial charge in [0.1, 0.15) is 4.90 Å². The second-order valence-electron chi connectivity index (χ2n) is 7.91. The molecular formula is C19H23ClF3N5O5S. The number of hydrogen-bond acceptors (Lipinski definition) is 6. The first kappa shape index (κ1) is 26.2. The number of nitrogens with zero attached hydrogens (tertiary/aromatic N) is 3. The SMILES string of the molecule is NC(=O)[C@H](NS(=O)(=O)c1cccc(N2CCCC2=O)c1Cl)C(=O)N1CCN(CC(F)(F)F)CC1. The summed E-state index contributed by atoms with van der Waals surface area (Å²) in [5, 5.41) is -0.262. The Balaban J connectivity index is 1.76. The highest BCUT2D eigenvalue weighted by Gasteiger charge is 2.38. The first-order valence-corrected chi connectivity index (χ1v) is 12.1. The molecule has 2 aliphatic rings. The number of nitrogens with one attached hydrogen (secondary N) is 1. The van der Waals surface area contributed by atoms with Crippen LogP contribution in [0.2, 0.25) is 5.02 Å². The van der Waals surface area contributed by atoms with E-state index in [0.29, 0.717) is 19.4 Å². The maximum atomic E-state index is 13.0. The number of rotatable bonds is 7. The molecule has 2 aliphatic heterocycles. The van der Waals surface area contributed by atoms with Crippen molar-refractivity contribution >= 4 is 45.0 Å². The molecule has 0 aliphatic carbocycles. The molecule has 0 spiro atoms. The number of alkyl halides is 3. The molecule has 188 valence electrons. The van der Waals surface area contributed by atoms with Gasteiger partial charge in [0.15, 0.2) is 6.04 Å². The van der Waals surface area contributed by atoms with Gasteiger partial charge in [-0.2, -0.15) is 17.9 Å². The first-order valence-electron chi connectivity index (χ1n) is 10.3. The summed E-state index contributed by atoms with van der Waals surface area (Å²) in [4.78, 5) is 39.9. The number of sulfonamides is 1. The number of nitrogens with two attached hydrogens (primary N) is 1. The smallest absolute Gasteiger partial charge is 0.368 e. The zero-order chi connectivity index (χ0) is 25.3. The fourth-order valence-electron chi connectivity index (χ4n) is 3.83. The molecule has 3 N–H and O–H groups in total. The van der Waals surface area contributed by atoms with Gasteiger partial charge in [0, 0.05) is 39.1 Å². The third kappa shape index (κ3) is 5.98. The van der Waals surface area contributed by atoms with Crippen molar-refractivity contribution in [1.82, 2.24) is 14.5 Å². The summed E-state index contributed by atoms with van der Waals surface area (Å²) in [6.07, 6.45) is -3.52. The maximum Gasteiger partial charge on any atom is 0.401 e. The number of amides is 3. The molecule has 0 saturated carbocycles. The summed E-state index contributed by atoms with van der Waals surface area (Å²) < 4.78 is 65.7. The van der Waals surface area contributed by atoms with E-state index < -0.39 is 45.5 Å². The number of hydrogen-bond donors (Lipinski definition) is 2. The molecule has 10 nitrogen and oxygen atoms in total. The largest absolute Gasteiger partial charge is 0.401 e. The summed E-state index contributed by atoms with van der Waals surface area (Å²) >= 11 is 6.28. The molecule has 15 heteroatoms. The molecule has 1 atom stereocenters. The predicted octanol–water partition coefficient (Wildman–Crippen LogP) is 0.305. The third-order valence-electron chi connectivity index (χ3n) is 5.49. The van der Waals surface area contributed by atoms with Crippen LogP contribution in [-0.4, -0.2) is 87.4 Å². The minimum Gasteiger partial charge on any atom is -0.368 e. The highest BCUT2D eigenvalue weighted by Crippen LogP contribution is 2.34. The molecule has 3 amide bonds. The Bertz CT molecular complexity index is 1080. The van der Waals surface area contributed by atoms with E-state index in [1.54, 1.807) is 0 Å². The van der Waals surface area contributed by atoms with Gasteiger partial charge >= 0.3 is 6.18 Å². The first-order chi connectivity index (χ1) is 15.8. The lowest BCUT2D eigenvalue weighted by Gasteiger charge is -2.36. The van der Waals surface area contributed by atoms with E-state index in [4.69, 9.17) is 17.3 Å². The van der Waals surface area contributed by atoms with Gasteiger partial charge in [-0.3, -0.25) is 19.3 Å². The Morgan fingerprint density at radius 1 is 1.15 bits per heavy atom. The molecular weight excluding hydrogens is 503 g/mol. The van der Waals surface area contributed by atoms with Crippen LogP contribution in [0.25, 0.3) is 0 Å². The molecule has 0 aromatic heterocycles. The minimum absolute atomic E-state index is 0.110. The number of carbonyl (C=O) groups is 3. The highest BCUT2D eigenvalue weighted by atomic mass is 35.5. The Kier molecular flexibility index (Phi) is 7.75. The second kappa shape index (κ2) is 10.1. The Labute approximate surface area is 198 Å². The quantitative estimate of drug-likeness (QED) is 0.492. The molecule has 2 heterocycles. The average molecular weight is 526 g/mol. The van der Waals surface area contributed by atoms with Crippen LogP contribution in [0.3, 0.4) is 0 Å². The second-order valence-corrected chi connectivity index (χ2v) is 9.97. The van der Waals surface area contributed by atoms with Gasteiger partial charge in [-0.1, -0.05) is 17.7 Å². The van der Waals surface area contributed by atoms with Gasteiger partial charge in [0.25, 0.3) is 5.91 Å². The van der Waals surface area contributed by atoms with Crippen LogP contribution in [0, 0.1) is 0 Å². The van der Waals surface area contributed by atoms with E-state index in [1.165, 1.54) is 17.0 Å². The van der Waals surface area contributed by atoms with Crippen molar-refractivity contribution in [3.63, 3.8) is 0 Å². The van der Waals surface area contributed by atoms with Crippen LogP contribution in [0.5, 0.6) is 0 Å². The van der Waals surface area contributed by atoms with Gasteiger partial charge in [0.05, 0.1) is 17.3 Å². The Morgan fingerprint density at radius 3 is 2.32 bits per heavy atom. The number of benzene rings is 1. The van der Waals surface area contributed by atoms with Crippen molar-refractivity contribution in [1.29, 1.82) is 0 Å². The van der Waals surface area contributed by atoms with E-state index in [-0.39, 0.29) is 42.8 Å². The summed E-state index contributed by atoms with van der Waals surface area (Å²) in [7, 11) is -4.55. The molecule has 0 bridgehead atoms. The van der Waals surface area contributed by atoms with Crippen LogP contribution < -0.4 is 15.4 Å². The van der Waals surface area contributed by atoms with Crippen molar-refractivity contribution in [3.05, 3.63) is 23.2 Å². The molecule has 0 unspecified atom stereocenters. The molecule has 2 fully saturated rings. The van der Waals surface area contributed by atoms with Crippen LogP contribution in [0.1, 0.15) is 12.8 Å². The summed E-state index contributed by atoms with van der Waals surface area (Å²) in [5.41, 5.74) is 5.44. The zero-order valence-electron chi connectivity index (χ0n) is 17.8. The van der Waals surface area contributed by atoms with Crippen LogP contribution in [-0.2, 0) is 24.4 Å². The van der Waals surface area contributed by atoms with Gasteiger partial charge < -0.3 is 15.5 Å². The third-order valence-corrected chi connectivity index (χ3v) is 7.46. The summed E-state index contributed by atoms with van der Waals surface area (Å²) in [6.45, 7) is -1.29. The Hall–Kier alpha value is -2.42. The normalized spacial score (nSPS) is 18.9. The van der Waals surface area contributed by atoms with Crippen molar-refractivity contribution < 1.29 is 36.0 Å². The maximum absolute atomic E-state index is 13.0. The number of primary amides is 1. The van der Waals surface area contributed by atoms with Crippen molar-refractivity contribution in [2.75, 3.05) is 44.2 Å². The Morgan fingerprint density at radius 2 is 1.79 bits per heavy atom. The highest BCUT2D eigenvalue weighted by molar-refractivity contribution is 7.89. The van der Waals surface area contributed by atoms with E-state index in [1.807, 2.05) is 4.72 Å². The van der Waals surface area contributed by atoms with Crippen molar-refractivity contribution in [2.45, 2.75) is 30.0 Å². The van der Waals surface area contributed by atoms with Gasteiger partial charge in [-0.05, 0) is 18.6 Å². The number of anilines is 1. The lowest BCUT2D eigenvalue weighted by molar-refractivity contribution is -0.152. The molecule has 2 saturated heterocycles. The fourth-order valence-corrected chi connectivity index (χ4v) is 5.61. The topological polar surface area (TPSA) is 133 Å². The van der Waals surface area contributed by atoms with E-state index in [2.05, 4.69) is 0 Å². The van der Waals surface area contributed by atoms with Gasteiger partial charge in [0.2, 0.25) is 21.8 Å². The summed E-state index contributed by atoms with van der Waals surface area (Å²) in [6, 6.07) is 1.99. The molecule has 1 aromatic rings. The van der Waals surface area contributed by atoms with Crippen molar-refractivity contribution in [3.8, 4) is 0 Å². The number of halogens is 4. The monoisotopic (exact) mass is 525 g/mol. The van der Waals surface area contributed by atoms with Gasteiger partial charge in [-0.15, -0.1) is 0 Å². The lowest BCUT2D eigenvalue weighted by Crippen LogP contribution is -2.59. The molecule has 1 aromatic carbocycles. The van der Waals surface area contributed by atoms with E-state index in [0.717, 1.165) is 15.9 Å². The van der Waals surface area contributed by atoms with Crippen LogP contribution in [0.15, 0.2) is 23.1 Å². The van der Waals surface area contributed by atoms with E-state index in [9.17, 15) is 36.0 Å². The number of piperazine rings is 1. The van der Waals surface area contributed by atoms with Crippen LogP contribution in [0.4, 0.5) is 18.9 Å². The average Bonchev–Trinajstić information content (AvgIpc) is 3.16. The lowest BCUT2D eigenvalue weighted by atomic mass is 10.2. The zero-order valence-corrected chi connectivity index (χ0v) is 19.4. The standard InChI is InChI=1S/C19H23ClF3N5O5S/c20-15-12(28-6-2-5-14(28)29)3-1-4-13(15)34(32,33)25-16(17(24)30)18(31)27-9-7-26(8-10-27)11-19(21,22)23/h1,3-4,16,25H,2,5-11H2,(H2,24,30)/t16-/m0/s1. The molecule has 34 heavy (non-hydrogen) atoms. The van der Waals surface area contributed by atoms with Crippen molar-refractivity contribution in [2.24, 2.45) is 5.73 Å². The minimum atomic E-state index is -4.55. The van der Waals surface area contributed by atoms with E-state index >= 15 is 0 Å². The fraction of sp³-hybridized carbons (Fsp3) is 0.526. The predicted molar refractivity (Wildman–Crippen MR) is 115 cm³/mol. The molecule has 3 rings (SSSR count). The molecule has 0 radical (unpaired) electrons. The number of carbonyl (C=O) groups excluding carboxylic acids is 3. The summed E-state index contributed by atoms with van der Waals surface area (Å²) in [5.74, 6) is -2.49.